The maximum Gasteiger partial charge on any atom is 0.254 e. The molecule has 0 radical (unpaired) electrons. The van der Waals surface area contributed by atoms with Crippen molar-refractivity contribution in [1.29, 1.82) is 0 Å². The predicted octanol–water partition coefficient (Wildman–Crippen LogP) is 9.73. The number of amides is 2. The van der Waals surface area contributed by atoms with E-state index < -0.39 is 0 Å². The quantitative estimate of drug-likeness (QED) is 0.0763. The number of carbonyl (C=O) groups excluding carboxylic acids is 2. The number of hydrogen-bond donors (Lipinski definition) is 0. The molecule has 2 amide bonds. The molecule has 48 heavy (non-hydrogen) atoms. The normalized spacial score (nSPS) is 11.7. The summed E-state index contributed by atoms with van der Waals surface area (Å²) in [5.41, 5.74) is 4.19. The Bertz CT molecular complexity index is 1480. The van der Waals surface area contributed by atoms with Gasteiger partial charge in [-0.2, -0.15) is 0 Å². The topological polar surface area (TPSA) is 118 Å². The molecule has 0 aliphatic heterocycles. The van der Waals surface area contributed by atoms with Crippen LogP contribution in [0.5, 0.6) is 0 Å². The summed E-state index contributed by atoms with van der Waals surface area (Å²) in [7, 11) is 0. The fraction of sp³-hybridized carbons (Fsp3) is 0.684. The maximum absolute atomic E-state index is 14.8. The summed E-state index contributed by atoms with van der Waals surface area (Å²) in [6.07, 6.45) is 17.1. The van der Waals surface area contributed by atoms with Crippen molar-refractivity contribution in [2.45, 2.75) is 144 Å². The summed E-state index contributed by atoms with van der Waals surface area (Å²) in [6, 6.07) is 0. The molecule has 4 aromatic rings. The molecule has 0 atom stereocenters. The maximum atomic E-state index is 14.8. The number of aryl methyl sites for hydroxylation is 2. The van der Waals surface area contributed by atoms with Gasteiger partial charge in [0.1, 0.15) is 22.1 Å². The van der Waals surface area contributed by atoms with E-state index in [-0.39, 0.29) is 11.8 Å². The van der Waals surface area contributed by atoms with E-state index in [2.05, 4.69) is 48.3 Å². The molecule has 0 unspecified atom stereocenters. The van der Waals surface area contributed by atoms with Gasteiger partial charge in [0.2, 0.25) is 0 Å². The summed E-state index contributed by atoms with van der Waals surface area (Å²) in [5, 5.41) is 18.4. The van der Waals surface area contributed by atoms with Gasteiger partial charge in [-0.25, -0.2) is 9.26 Å². The Morgan fingerprint density at radius 2 is 0.750 bits per heavy atom. The zero-order valence-electron chi connectivity index (χ0n) is 30.5. The number of carbonyl (C=O) groups is 2. The van der Waals surface area contributed by atoms with Gasteiger partial charge in [-0.1, -0.05) is 105 Å². The molecule has 0 saturated carbocycles. The second-order valence-electron chi connectivity index (χ2n) is 13.5. The van der Waals surface area contributed by atoms with Gasteiger partial charge in [0.05, 0.1) is 11.1 Å². The number of fused-ring (bicyclic) bond motifs is 5. The molecule has 0 saturated heterocycles. The molecule has 2 aromatic heterocycles. The van der Waals surface area contributed by atoms with Crippen LogP contribution in [-0.4, -0.2) is 68.4 Å². The molecular formula is C38H58N6O4. The minimum atomic E-state index is -0.0852. The SMILES string of the molecule is CCCCCCN(CCCCCC)C(=O)c1c(C)c2nonc2c2c(C(=O)N(CCCCCC)CCCCCC)c(C)c3nonc3c12. The Morgan fingerprint density at radius 3 is 1.04 bits per heavy atom. The number of hydrogen-bond acceptors (Lipinski definition) is 8. The lowest BCUT2D eigenvalue weighted by Gasteiger charge is -2.26. The summed E-state index contributed by atoms with van der Waals surface area (Å²) in [6.45, 7) is 15.2. The van der Waals surface area contributed by atoms with Gasteiger partial charge in [0.25, 0.3) is 11.8 Å². The molecular weight excluding hydrogens is 604 g/mol. The molecule has 10 nitrogen and oxygen atoms in total. The monoisotopic (exact) mass is 662 g/mol. The van der Waals surface area contributed by atoms with E-state index in [0.717, 1.165) is 103 Å². The van der Waals surface area contributed by atoms with Crippen LogP contribution in [0.15, 0.2) is 9.26 Å². The van der Waals surface area contributed by atoms with Crippen molar-refractivity contribution in [3.05, 3.63) is 22.3 Å². The highest BCUT2D eigenvalue weighted by Gasteiger charge is 2.33. The van der Waals surface area contributed by atoms with Gasteiger partial charge in [-0.15, -0.1) is 0 Å². The largest absolute Gasteiger partial charge is 0.339 e. The highest BCUT2D eigenvalue weighted by molar-refractivity contribution is 6.29. The lowest BCUT2D eigenvalue weighted by molar-refractivity contribution is 0.0741. The second-order valence-corrected chi connectivity index (χ2v) is 13.5. The highest BCUT2D eigenvalue weighted by Crippen LogP contribution is 2.40. The predicted molar refractivity (Wildman–Crippen MR) is 193 cm³/mol. The minimum Gasteiger partial charge on any atom is -0.339 e. The van der Waals surface area contributed by atoms with Crippen LogP contribution in [0.25, 0.3) is 32.8 Å². The van der Waals surface area contributed by atoms with Crippen molar-refractivity contribution < 1.29 is 18.8 Å². The molecule has 2 heterocycles. The second kappa shape index (κ2) is 18.8. The summed E-state index contributed by atoms with van der Waals surface area (Å²) < 4.78 is 10.7. The van der Waals surface area contributed by atoms with Crippen molar-refractivity contribution in [2.24, 2.45) is 0 Å². The highest BCUT2D eigenvalue weighted by atomic mass is 16.6. The van der Waals surface area contributed by atoms with Crippen LogP contribution in [0.2, 0.25) is 0 Å². The first kappa shape index (κ1) is 37.3. The lowest BCUT2D eigenvalue weighted by Crippen LogP contribution is -2.35. The first-order valence-electron chi connectivity index (χ1n) is 18.8. The Balaban J connectivity index is 1.90. The van der Waals surface area contributed by atoms with Crippen molar-refractivity contribution in [3.8, 4) is 0 Å². The average molecular weight is 663 g/mol. The zero-order valence-corrected chi connectivity index (χ0v) is 30.5. The van der Waals surface area contributed by atoms with Crippen LogP contribution in [0.3, 0.4) is 0 Å². The molecule has 4 rings (SSSR count). The van der Waals surface area contributed by atoms with Crippen molar-refractivity contribution >= 4 is 44.7 Å². The van der Waals surface area contributed by atoms with Crippen molar-refractivity contribution in [3.63, 3.8) is 0 Å². The van der Waals surface area contributed by atoms with E-state index in [9.17, 15) is 9.59 Å². The molecule has 0 spiro atoms. The molecule has 0 bridgehead atoms. The summed E-state index contributed by atoms with van der Waals surface area (Å²) in [4.78, 5) is 33.6. The first-order chi connectivity index (χ1) is 23.4. The van der Waals surface area contributed by atoms with E-state index in [0.29, 0.717) is 81.3 Å². The zero-order chi connectivity index (χ0) is 34.5. The number of aromatic nitrogens is 4. The molecule has 0 N–H and O–H groups in total. The Hall–Kier alpha value is -3.56. The first-order valence-corrected chi connectivity index (χ1v) is 18.8. The smallest absolute Gasteiger partial charge is 0.254 e. The van der Waals surface area contributed by atoms with Crippen LogP contribution in [0, 0.1) is 13.8 Å². The summed E-state index contributed by atoms with van der Waals surface area (Å²) in [5.74, 6) is -0.170. The number of unbranched alkanes of at least 4 members (excludes halogenated alkanes) is 12. The number of nitrogens with zero attached hydrogens (tertiary/aromatic N) is 6. The fourth-order valence-electron chi connectivity index (χ4n) is 6.93. The van der Waals surface area contributed by atoms with Crippen molar-refractivity contribution in [1.82, 2.24) is 30.4 Å². The summed E-state index contributed by atoms with van der Waals surface area (Å²) >= 11 is 0. The van der Waals surface area contributed by atoms with E-state index in [4.69, 9.17) is 9.26 Å². The molecule has 264 valence electrons. The average Bonchev–Trinajstić information content (AvgIpc) is 3.78. The molecule has 0 fully saturated rings. The standard InChI is InChI=1S/C38H58N6O4/c1-7-11-15-19-23-43(24-20-16-12-8-2)37(45)29-27(5)33-36(42-47-39-33)32-30(28(6)34-35(31(29)32)41-48-40-34)38(46)44(25-21-17-13-9-3)26-22-18-14-10-4/h7-26H2,1-6H3. The van der Waals surface area contributed by atoms with Crippen LogP contribution >= 0.6 is 0 Å². The third-order valence-electron chi connectivity index (χ3n) is 9.79. The van der Waals surface area contributed by atoms with E-state index in [1.54, 1.807) is 0 Å². The van der Waals surface area contributed by atoms with Crippen LogP contribution < -0.4 is 0 Å². The van der Waals surface area contributed by atoms with Gasteiger partial charge in [0, 0.05) is 37.0 Å². The van der Waals surface area contributed by atoms with Gasteiger partial charge in [-0.3, -0.25) is 9.59 Å². The molecule has 0 aliphatic carbocycles. The van der Waals surface area contributed by atoms with E-state index >= 15 is 0 Å². The van der Waals surface area contributed by atoms with E-state index in [1.807, 2.05) is 23.6 Å². The molecule has 10 heteroatoms. The third kappa shape index (κ3) is 8.53. The van der Waals surface area contributed by atoms with Gasteiger partial charge < -0.3 is 9.80 Å². The fourth-order valence-corrected chi connectivity index (χ4v) is 6.93. The molecule has 2 aromatic carbocycles. The van der Waals surface area contributed by atoms with Gasteiger partial charge in [-0.05, 0) is 71.3 Å². The molecule has 0 aliphatic rings. The Labute approximate surface area is 286 Å². The lowest BCUT2D eigenvalue weighted by atomic mass is 9.89. The van der Waals surface area contributed by atoms with Gasteiger partial charge >= 0.3 is 0 Å². The number of benzene rings is 2. The minimum absolute atomic E-state index is 0.0852. The van der Waals surface area contributed by atoms with Crippen LogP contribution in [0.4, 0.5) is 0 Å². The van der Waals surface area contributed by atoms with Crippen LogP contribution in [0.1, 0.15) is 162 Å². The Kier molecular flexibility index (Phi) is 14.6. The van der Waals surface area contributed by atoms with E-state index in [1.165, 1.54) is 0 Å². The van der Waals surface area contributed by atoms with Crippen molar-refractivity contribution in [2.75, 3.05) is 26.2 Å². The number of rotatable bonds is 22. The third-order valence-corrected chi connectivity index (χ3v) is 9.79. The Morgan fingerprint density at radius 1 is 0.458 bits per heavy atom. The van der Waals surface area contributed by atoms with Gasteiger partial charge in [0.15, 0.2) is 0 Å². The van der Waals surface area contributed by atoms with Crippen LogP contribution in [-0.2, 0) is 0 Å².